The van der Waals surface area contributed by atoms with Gasteiger partial charge >= 0.3 is 5.97 Å². The van der Waals surface area contributed by atoms with Crippen LogP contribution in [0.2, 0.25) is 0 Å². The zero-order valence-corrected chi connectivity index (χ0v) is 16.3. The number of nitrogens with two attached hydrogens (primary N) is 1. The van der Waals surface area contributed by atoms with Crippen molar-refractivity contribution in [3.05, 3.63) is 59.7 Å². The van der Waals surface area contributed by atoms with E-state index in [0.29, 0.717) is 28.3 Å². The average Bonchev–Trinajstić information content (AvgIpc) is 2.72. The van der Waals surface area contributed by atoms with Crippen LogP contribution in [-0.4, -0.2) is 38.1 Å². The molecule has 3 N–H and O–H groups in total. The molecule has 0 fully saturated rings. The number of benzene rings is 2. The summed E-state index contributed by atoms with van der Waals surface area (Å²) in [5.41, 5.74) is 6.64. The van der Waals surface area contributed by atoms with E-state index in [-0.39, 0.29) is 0 Å². The number of amides is 2. The first-order valence-electron chi connectivity index (χ1n) is 8.65. The van der Waals surface area contributed by atoms with Crippen molar-refractivity contribution in [2.24, 2.45) is 5.73 Å². The molecule has 0 aliphatic heterocycles. The van der Waals surface area contributed by atoms with Crippen LogP contribution in [0.15, 0.2) is 48.5 Å². The van der Waals surface area contributed by atoms with E-state index in [1.165, 1.54) is 57.6 Å². The van der Waals surface area contributed by atoms with Crippen molar-refractivity contribution in [1.82, 2.24) is 0 Å². The molecule has 0 spiro atoms. The van der Waals surface area contributed by atoms with Gasteiger partial charge in [0.1, 0.15) is 0 Å². The Bertz CT molecular complexity index is 921. The summed E-state index contributed by atoms with van der Waals surface area (Å²) in [6, 6.07) is 11.2. The molecule has 2 aromatic rings. The van der Waals surface area contributed by atoms with Crippen LogP contribution in [-0.2, 0) is 14.3 Å². The summed E-state index contributed by atoms with van der Waals surface area (Å²) < 4.78 is 15.5. The Kier molecular flexibility index (Phi) is 7.36. The largest absolute Gasteiger partial charge is 0.493 e. The zero-order chi connectivity index (χ0) is 21.4. The van der Waals surface area contributed by atoms with Crippen LogP contribution < -0.4 is 20.5 Å². The summed E-state index contributed by atoms with van der Waals surface area (Å²) in [4.78, 5) is 35.2. The Morgan fingerprint density at radius 3 is 2.24 bits per heavy atom. The number of primary amides is 1. The number of hydrogen-bond acceptors (Lipinski definition) is 6. The number of rotatable bonds is 8. The number of nitrogens with one attached hydrogen (secondary N) is 1. The molecule has 29 heavy (non-hydrogen) atoms. The Hall–Kier alpha value is -3.81. The normalized spacial score (nSPS) is 11.6. The van der Waals surface area contributed by atoms with Gasteiger partial charge in [-0.1, -0.05) is 6.07 Å². The molecular formula is C21H22N2O6. The Balaban J connectivity index is 1.93. The quantitative estimate of drug-likeness (QED) is 0.521. The first-order valence-corrected chi connectivity index (χ1v) is 8.65. The Morgan fingerprint density at radius 2 is 1.66 bits per heavy atom. The second kappa shape index (κ2) is 9.93. The average molecular weight is 398 g/mol. The lowest BCUT2D eigenvalue weighted by Crippen LogP contribution is -2.29. The fourth-order valence-corrected chi connectivity index (χ4v) is 2.35. The maximum absolute atomic E-state index is 12.2. The number of esters is 1. The highest BCUT2D eigenvalue weighted by Gasteiger charge is 2.17. The summed E-state index contributed by atoms with van der Waals surface area (Å²) in [6.45, 7) is 1.45. The van der Waals surface area contributed by atoms with Crippen LogP contribution in [0, 0.1) is 0 Å². The Labute approximate surface area is 168 Å². The molecule has 2 rings (SSSR count). The van der Waals surface area contributed by atoms with Crippen LogP contribution in [0.3, 0.4) is 0 Å². The van der Waals surface area contributed by atoms with Gasteiger partial charge in [0.05, 0.1) is 14.2 Å². The summed E-state index contributed by atoms with van der Waals surface area (Å²) in [7, 11) is 3.05. The number of ether oxygens (including phenoxy) is 3. The molecule has 0 aliphatic rings. The van der Waals surface area contributed by atoms with Crippen molar-refractivity contribution >= 4 is 29.5 Å². The molecule has 0 aliphatic carbocycles. The van der Waals surface area contributed by atoms with Gasteiger partial charge in [0.15, 0.2) is 17.6 Å². The van der Waals surface area contributed by atoms with E-state index in [1.54, 1.807) is 18.2 Å². The van der Waals surface area contributed by atoms with E-state index in [2.05, 4.69) is 5.32 Å². The maximum atomic E-state index is 12.2. The van der Waals surface area contributed by atoms with Crippen LogP contribution in [0.4, 0.5) is 5.69 Å². The molecule has 0 unspecified atom stereocenters. The van der Waals surface area contributed by atoms with Gasteiger partial charge in [-0.2, -0.15) is 0 Å². The van der Waals surface area contributed by atoms with Gasteiger partial charge in [0, 0.05) is 17.3 Å². The van der Waals surface area contributed by atoms with Gasteiger partial charge < -0.3 is 25.3 Å². The first kappa shape index (κ1) is 21.5. The monoisotopic (exact) mass is 398 g/mol. The molecule has 8 heteroatoms. The third-order valence-electron chi connectivity index (χ3n) is 3.92. The number of carbonyl (C=O) groups excluding carboxylic acids is 3. The molecule has 2 amide bonds. The highest BCUT2D eigenvalue weighted by atomic mass is 16.5. The van der Waals surface area contributed by atoms with E-state index in [0.717, 1.165) is 0 Å². The first-order chi connectivity index (χ1) is 13.8. The molecule has 0 radical (unpaired) electrons. The smallest absolute Gasteiger partial charge is 0.331 e. The van der Waals surface area contributed by atoms with Gasteiger partial charge in [0.2, 0.25) is 5.91 Å². The molecule has 0 bridgehead atoms. The predicted molar refractivity (Wildman–Crippen MR) is 108 cm³/mol. The van der Waals surface area contributed by atoms with E-state index < -0.39 is 23.9 Å². The van der Waals surface area contributed by atoms with Crippen molar-refractivity contribution in [2.45, 2.75) is 13.0 Å². The zero-order valence-electron chi connectivity index (χ0n) is 16.3. The lowest BCUT2D eigenvalue weighted by atomic mass is 10.2. The maximum Gasteiger partial charge on any atom is 0.331 e. The second-order valence-electron chi connectivity index (χ2n) is 5.96. The van der Waals surface area contributed by atoms with Gasteiger partial charge in [-0.3, -0.25) is 9.59 Å². The van der Waals surface area contributed by atoms with Gasteiger partial charge in [0.25, 0.3) is 5.91 Å². The third-order valence-corrected chi connectivity index (χ3v) is 3.92. The summed E-state index contributed by atoms with van der Waals surface area (Å²) in [5.74, 6) is -0.651. The fraction of sp³-hybridized carbons (Fsp3) is 0.190. The van der Waals surface area contributed by atoms with Crippen molar-refractivity contribution in [3.63, 3.8) is 0 Å². The van der Waals surface area contributed by atoms with Crippen LogP contribution in [0.25, 0.3) is 6.08 Å². The minimum atomic E-state index is -1.02. The van der Waals surface area contributed by atoms with Crippen LogP contribution in [0.5, 0.6) is 11.5 Å². The summed E-state index contributed by atoms with van der Waals surface area (Å²) in [5, 5.41) is 2.59. The van der Waals surface area contributed by atoms with Crippen LogP contribution in [0.1, 0.15) is 22.8 Å². The highest BCUT2D eigenvalue weighted by molar-refractivity contribution is 5.97. The van der Waals surface area contributed by atoms with Crippen molar-refractivity contribution in [1.29, 1.82) is 0 Å². The van der Waals surface area contributed by atoms with Crippen molar-refractivity contribution in [2.75, 3.05) is 19.5 Å². The minimum absolute atomic E-state index is 0.322. The van der Waals surface area contributed by atoms with Gasteiger partial charge in [-0.05, 0) is 55.0 Å². The minimum Gasteiger partial charge on any atom is -0.493 e. The number of methoxy groups -OCH3 is 2. The van der Waals surface area contributed by atoms with E-state index in [1.807, 2.05) is 0 Å². The predicted octanol–water partition coefficient (Wildman–Crippen LogP) is 2.39. The van der Waals surface area contributed by atoms with E-state index >= 15 is 0 Å². The molecule has 0 saturated heterocycles. The van der Waals surface area contributed by atoms with E-state index in [9.17, 15) is 14.4 Å². The molecule has 2 aromatic carbocycles. The number of anilines is 1. The van der Waals surface area contributed by atoms with Gasteiger partial charge in [-0.15, -0.1) is 0 Å². The second-order valence-corrected chi connectivity index (χ2v) is 5.96. The highest BCUT2D eigenvalue weighted by Crippen LogP contribution is 2.27. The molecule has 0 heterocycles. The van der Waals surface area contributed by atoms with Crippen molar-refractivity contribution in [3.8, 4) is 11.5 Å². The van der Waals surface area contributed by atoms with Crippen LogP contribution >= 0.6 is 0 Å². The summed E-state index contributed by atoms with van der Waals surface area (Å²) in [6.07, 6.45) is 1.73. The van der Waals surface area contributed by atoms with Crippen molar-refractivity contribution < 1.29 is 28.6 Å². The molecule has 152 valence electrons. The molecular weight excluding hydrogens is 376 g/mol. The third kappa shape index (κ3) is 6.10. The molecule has 8 nitrogen and oxygen atoms in total. The van der Waals surface area contributed by atoms with E-state index in [4.69, 9.17) is 19.9 Å². The SMILES string of the molecule is COc1ccc(/C=C/C(=O)O[C@H](C)C(=O)Nc2ccc(C(N)=O)cc2)cc1OC. The molecule has 1 atom stereocenters. The summed E-state index contributed by atoms with van der Waals surface area (Å²) >= 11 is 0. The molecule has 0 saturated carbocycles. The van der Waals surface area contributed by atoms with Gasteiger partial charge in [-0.25, -0.2) is 4.79 Å². The topological polar surface area (TPSA) is 117 Å². The fourth-order valence-electron chi connectivity index (χ4n) is 2.35. The number of carbonyl (C=O) groups is 3. The number of hydrogen-bond donors (Lipinski definition) is 2. The standard InChI is InChI=1S/C21H22N2O6/c1-13(21(26)23-16-8-6-15(7-9-16)20(22)25)29-19(24)11-5-14-4-10-17(27-2)18(12-14)28-3/h4-13H,1-3H3,(H2,22,25)(H,23,26)/b11-5+/t13-/m1/s1. The lowest BCUT2D eigenvalue weighted by molar-refractivity contribution is -0.148. The Morgan fingerprint density at radius 1 is 1.00 bits per heavy atom. The molecule has 0 aromatic heterocycles. The lowest BCUT2D eigenvalue weighted by Gasteiger charge is -2.12.